The quantitative estimate of drug-likeness (QED) is 0.918. The fourth-order valence-electron chi connectivity index (χ4n) is 2.47. The van der Waals surface area contributed by atoms with Gasteiger partial charge in [-0.05, 0) is 44.4 Å². The fraction of sp³-hybridized carbons (Fsp3) is 0.562. The van der Waals surface area contributed by atoms with Crippen molar-refractivity contribution >= 4 is 11.7 Å². The summed E-state index contributed by atoms with van der Waals surface area (Å²) in [5.74, 6) is -0.758. The van der Waals surface area contributed by atoms with Crippen LogP contribution < -0.4 is 4.90 Å². The van der Waals surface area contributed by atoms with E-state index in [0.29, 0.717) is 6.42 Å². The molecule has 0 spiro atoms. The lowest BCUT2D eigenvalue weighted by Crippen LogP contribution is -2.37. The highest BCUT2D eigenvalue weighted by molar-refractivity contribution is 5.74. The maximum atomic E-state index is 11.3. The molecule has 1 aromatic rings. The molecule has 1 aromatic carbocycles. The molecule has 1 N–H and O–H groups in total. The molecule has 1 aliphatic rings. The molecule has 4 nitrogen and oxygen atoms in total. The SMILES string of the molecule is Cc1ccc(CC(C)(C)C(=O)O)c(N2CCOCC2)c1. The van der Waals surface area contributed by atoms with Crippen LogP contribution in [0.15, 0.2) is 18.2 Å². The minimum Gasteiger partial charge on any atom is -0.481 e. The van der Waals surface area contributed by atoms with Gasteiger partial charge in [-0.2, -0.15) is 0 Å². The van der Waals surface area contributed by atoms with Gasteiger partial charge >= 0.3 is 5.97 Å². The molecule has 0 unspecified atom stereocenters. The van der Waals surface area contributed by atoms with Crippen molar-refractivity contribution in [3.63, 3.8) is 0 Å². The predicted molar refractivity (Wildman–Crippen MR) is 79.3 cm³/mol. The molecular weight excluding hydrogens is 254 g/mol. The molecule has 0 atom stereocenters. The second-order valence-electron chi connectivity index (χ2n) is 6.10. The van der Waals surface area contributed by atoms with Gasteiger partial charge in [0.25, 0.3) is 0 Å². The van der Waals surface area contributed by atoms with Crippen LogP contribution in [-0.4, -0.2) is 37.4 Å². The van der Waals surface area contributed by atoms with E-state index in [0.717, 1.165) is 37.6 Å². The normalized spacial score (nSPS) is 16.2. The van der Waals surface area contributed by atoms with E-state index in [1.54, 1.807) is 13.8 Å². The number of hydrogen-bond acceptors (Lipinski definition) is 3. The van der Waals surface area contributed by atoms with Crippen molar-refractivity contribution in [2.45, 2.75) is 27.2 Å². The van der Waals surface area contributed by atoms with Gasteiger partial charge in [0, 0.05) is 18.8 Å². The number of ether oxygens (including phenoxy) is 1. The third-order valence-electron chi connectivity index (χ3n) is 3.80. The van der Waals surface area contributed by atoms with Crippen LogP contribution in [0.3, 0.4) is 0 Å². The summed E-state index contributed by atoms with van der Waals surface area (Å²) in [7, 11) is 0. The average molecular weight is 277 g/mol. The van der Waals surface area contributed by atoms with E-state index in [1.165, 1.54) is 5.56 Å². The monoisotopic (exact) mass is 277 g/mol. The number of aliphatic carboxylic acids is 1. The Kier molecular flexibility index (Phi) is 4.33. The Morgan fingerprint density at radius 2 is 2.00 bits per heavy atom. The molecule has 20 heavy (non-hydrogen) atoms. The lowest BCUT2D eigenvalue weighted by atomic mass is 9.85. The largest absolute Gasteiger partial charge is 0.481 e. The van der Waals surface area contributed by atoms with Gasteiger partial charge in [0.2, 0.25) is 0 Å². The standard InChI is InChI=1S/C16H23NO3/c1-12-4-5-13(11-16(2,3)15(18)19)14(10-12)17-6-8-20-9-7-17/h4-5,10H,6-9,11H2,1-3H3,(H,18,19). The van der Waals surface area contributed by atoms with Crippen LogP contribution in [0.25, 0.3) is 0 Å². The first-order chi connectivity index (χ1) is 9.40. The second kappa shape index (κ2) is 5.83. The molecule has 110 valence electrons. The van der Waals surface area contributed by atoms with Gasteiger partial charge in [0.1, 0.15) is 0 Å². The number of hydrogen-bond donors (Lipinski definition) is 1. The molecular formula is C16H23NO3. The van der Waals surface area contributed by atoms with E-state index in [9.17, 15) is 9.90 Å². The van der Waals surface area contributed by atoms with Crippen molar-refractivity contribution < 1.29 is 14.6 Å². The third-order valence-corrected chi connectivity index (χ3v) is 3.80. The summed E-state index contributed by atoms with van der Waals surface area (Å²) in [5.41, 5.74) is 2.70. The molecule has 1 heterocycles. The number of rotatable bonds is 4. The Hall–Kier alpha value is -1.55. The molecule has 1 saturated heterocycles. The highest BCUT2D eigenvalue weighted by Crippen LogP contribution is 2.30. The maximum Gasteiger partial charge on any atom is 0.309 e. The van der Waals surface area contributed by atoms with Crippen LogP contribution in [0, 0.1) is 12.3 Å². The molecule has 0 amide bonds. The number of benzene rings is 1. The van der Waals surface area contributed by atoms with Crippen molar-refractivity contribution in [3.8, 4) is 0 Å². The summed E-state index contributed by atoms with van der Waals surface area (Å²) in [6.07, 6.45) is 0.537. The number of morpholine rings is 1. The summed E-state index contributed by atoms with van der Waals surface area (Å²) < 4.78 is 5.39. The first-order valence-electron chi connectivity index (χ1n) is 7.06. The Labute approximate surface area is 120 Å². The van der Waals surface area contributed by atoms with Gasteiger partial charge in [-0.15, -0.1) is 0 Å². The van der Waals surface area contributed by atoms with Gasteiger partial charge in [0.05, 0.1) is 18.6 Å². The van der Waals surface area contributed by atoms with Crippen molar-refractivity contribution in [2.24, 2.45) is 5.41 Å². The summed E-state index contributed by atoms with van der Waals surface area (Å²) in [5, 5.41) is 9.32. The highest BCUT2D eigenvalue weighted by atomic mass is 16.5. The van der Waals surface area contributed by atoms with Gasteiger partial charge in [-0.3, -0.25) is 4.79 Å². The lowest BCUT2D eigenvalue weighted by Gasteiger charge is -2.32. The van der Waals surface area contributed by atoms with Crippen LogP contribution in [0.1, 0.15) is 25.0 Å². The number of aryl methyl sites for hydroxylation is 1. The zero-order chi connectivity index (χ0) is 14.8. The van der Waals surface area contributed by atoms with Crippen molar-refractivity contribution in [2.75, 3.05) is 31.2 Å². The van der Waals surface area contributed by atoms with E-state index >= 15 is 0 Å². The van der Waals surface area contributed by atoms with Crippen LogP contribution in [0.5, 0.6) is 0 Å². The zero-order valence-electron chi connectivity index (χ0n) is 12.5. The summed E-state index contributed by atoms with van der Waals surface area (Å²) in [6, 6.07) is 6.26. The van der Waals surface area contributed by atoms with Gasteiger partial charge in [-0.1, -0.05) is 12.1 Å². The van der Waals surface area contributed by atoms with Crippen LogP contribution in [-0.2, 0) is 16.0 Å². The Morgan fingerprint density at radius 1 is 1.35 bits per heavy atom. The lowest BCUT2D eigenvalue weighted by molar-refractivity contribution is -0.146. The van der Waals surface area contributed by atoms with E-state index in [1.807, 2.05) is 0 Å². The van der Waals surface area contributed by atoms with E-state index in [2.05, 4.69) is 30.0 Å². The Bertz CT molecular complexity index is 490. The summed E-state index contributed by atoms with van der Waals surface area (Å²) in [4.78, 5) is 13.6. The molecule has 0 saturated carbocycles. The third kappa shape index (κ3) is 3.31. The second-order valence-corrected chi connectivity index (χ2v) is 6.10. The first kappa shape index (κ1) is 14.9. The number of carbonyl (C=O) groups is 1. The average Bonchev–Trinajstić information content (AvgIpc) is 2.41. The topological polar surface area (TPSA) is 49.8 Å². The van der Waals surface area contributed by atoms with E-state index in [4.69, 9.17) is 4.74 Å². The minimum atomic E-state index is -0.758. The smallest absolute Gasteiger partial charge is 0.309 e. The van der Waals surface area contributed by atoms with Crippen LogP contribution in [0.4, 0.5) is 5.69 Å². The molecule has 4 heteroatoms. The predicted octanol–water partition coefficient (Wildman–Crippen LogP) is 2.48. The summed E-state index contributed by atoms with van der Waals surface area (Å²) in [6.45, 7) is 8.81. The molecule has 1 aliphatic heterocycles. The van der Waals surface area contributed by atoms with Gasteiger partial charge in [0.15, 0.2) is 0 Å². The van der Waals surface area contributed by atoms with Crippen LogP contribution >= 0.6 is 0 Å². The Balaban J connectivity index is 2.30. The number of nitrogens with zero attached hydrogens (tertiary/aromatic N) is 1. The van der Waals surface area contributed by atoms with E-state index < -0.39 is 11.4 Å². The van der Waals surface area contributed by atoms with Crippen molar-refractivity contribution in [1.82, 2.24) is 0 Å². The zero-order valence-corrected chi connectivity index (χ0v) is 12.5. The molecule has 0 radical (unpaired) electrons. The summed E-state index contributed by atoms with van der Waals surface area (Å²) >= 11 is 0. The first-order valence-corrected chi connectivity index (χ1v) is 7.06. The highest BCUT2D eigenvalue weighted by Gasteiger charge is 2.29. The number of anilines is 1. The molecule has 1 fully saturated rings. The molecule has 0 bridgehead atoms. The number of carboxylic acids is 1. The fourth-order valence-corrected chi connectivity index (χ4v) is 2.47. The van der Waals surface area contributed by atoms with Gasteiger partial charge < -0.3 is 14.7 Å². The Morgan fingerprint density at radius 3 is 2.60 bits per heavy atom. The van der Waals surface area contributed by atoms with Crippen molar-refractivity contribution in [1.29, 1.82) is 0 Å². The minimum absolute atomic E-state index is 0.537. The van der Waals surface area contributed by atoms with Gasteiger partial charge in [-0.25, -0.2) is 0 Å². The number of carboxylic acid groups (broad SMARTS) is 1. The van der Waals surface area contributed by atoms with Crippen molar-refractivity contribution in [3.05, 3.63) is 29.3 Å². The molecule has 0 aliphatic carbocycles. The molecule has 2 rings (SSSR count). The van der Waals surface area contributed by atoms with Crippen LogP contribution in [0.2, 0.25) is 0 Å². The van der Waals surface area contributed by atoms with E-state index in [-0.39, 0.29) is 0 Å². The maximum absolute atomic E-state index is 11.3. The molecule has 0 aromatic heterocycles.